The Bertz CT molecular complexity index is 1560. The minimum absolute atomic E-state index is 0.0265. The van der Waals surface area contributed by atoms with Gasteiger partial charge in [-0.25, -0.2) is 15.0 Å². The zero-order chi connectivity index (χ0) is 28.6. The van der Waals surface area contributed by atoms with Crippen LogP contribution in [0.25, 0.3) is 32.5 Å². The number of piperazine rings is 1. The van der Waals surface area contributed by atoms with Crippen LogP contribution in [0.4, 0.5) is 11.5 Å². The van der Waals surface area contributed by atoms with E-state index in [1.165, 1.54) is 20.3 Å². The number of hydrogen-bond donors (Lipinski definition) is 2. The van der Waals surface area contributed by atoms with Crippen LogP contribution in [0.1, 0.15) is 43.1 Å². The molecule has 6 rings (SSSR count). The molecule has 0 bridgehead atoms. The highest BCUT2D eigenvalue weighted by Gasteiger charge is 2.23. The summed E-state index contributed by atoms with van der Waals surface area (Å²) in [6, 6.07) is 10.0. The molecule has 0 radical (unpaired) electrons. The van der Waals surface area contributed by atoms with Crippen LogP contribution in [0.3, 0.4) is 0 Å². The number of nitrogens with one attached hydrogen (secondary N) is 2. The van der Waals surface area contributed by atoms with Gasteiger partial charge in [0, 0.05) is 82.0 Å². The third-order valence-corrected chi connectivity index (χ3v) is 8.42. The molecule has 3 aromatic heterocycles. The number of fused-ring (bicyclic) bond motifs is 5. The molecule has 11 heteroatoms. The van der Waals surface area contributed by atoms with E-state index in [9.17, 15) is 4.79 Å². The van der Waals surface area contributed by atoms with Crippen LogP contribution in [0.15, 0.2) is 30.3 Å². The fraction of sp³-hybridized carbons (Fsp3) is 0.379. The Labute approximate surface area is 256 Å². The van der Waals surface area contributed by atoms with E-state index in [4.69, 9.17) is 15.0 Å². The monoisotopic (exact) mass is 687 g/mol. The standard InChI is InChI=1S/C25H22IN7OS2.2C2H6/c1-32-9-11-33(12-10-32)20-14-15(6-13-35-26)29-24(31-20)18-3-2-16-17(30-18)4-5-19-21(16)22-23(36-19)25(34)28-8-7-27-22;2*1-2/h2-5,14,27H,7-12H2,1H3,(H,28,34);2*1-2H3. The lowest BCUT2D eigenvalue weighted by molar-refractivity contribution is 0.0962. The molecule has 40 heavy (non-hydrogen) atoms. The summed E-state index contributed by atoms with van der Waals surface area (Å²) in [6.45, 7) is 13.1. The van der Waals surface area contributed by atoms with Gasteiger partial charge in [0.05, 0.1) is 11.2 Å². The number of likely N-dealkylation sites (N-methyl/N-ethyl adjacent to an activating group) is 1. The van der Waals surface area contributed by atoms with Crippen molar-refractivity contribution in [1.82, 2.24) is 25.2 Å². The zero-order valence-electron chi connectivity index (χ0n) is 23.5. The predicted molar refractivity (Wildman–Crippen MR) is 180 cm³/mol. The lowest BCUT2D eigenvalue weighted by atomic mass is 10.1. The van der Waals surface area contributed by atoms with Crippen LogP contribution in [0.5, 0.6) is 0 Å². The molecule has 0 unspecified atom stereocenters. The van der Waals surface area contributed by atoms with Crippen molar-refractivity contribution in [2.45, 2.75) is 27.7 Å². The summed E-state index contributed by atoms with van der Waals surface area (Å²) in [5, 5.41) is 11.5. The Morgan fingerprint density at radius 2 is 1.73 bits per heavy atom. The van der Waals surface area contributed by atoms with Gasteiger partial charge in [-0.15, -0.1) is 11.3 Å². The largest absolute Gasteiger partial charge is 0.381 e. The van der Waals surface area contributed by atoms with Crippen LogP contribution in [0, 0.1) is 11.2 Å². The number of halogens is 1. The number of amides is 1. The number of carbonyl (C=O) groups excluding carboxylic acids is 1. The smallest absolute Gasteiger partial charge is 0.263 e. The predicted octanol–water partition coefficient (Wildman–Crippen LogP) is 6.26. The van der Waals surface area contributed by atoms with Crippen molar-refractivity contribution in [2.75, 3.05) is 56.5 Å². The number of hydrogen-bond acceptors (Lipinski definition) is 9. The van der Waals surface area contributed by atoms with Crippen molar-refractivity contribution in [3.05, 3.63) is 40.9 Å². The molecular formula is C29H34IN7OS2. The molecule has 5 heterocycles. The minimum atomic E-state index is -0.0265. The van der Waals surface area contributed by atoms with Crippen molar-refractivity contribution in [2.24, 2.45) is 0 Å². The summed E-state index contributed by atoms with van der Waals surface area (Å²) in [5.41, 5.74) is 3.13. The number of rotatable bonds is 2. The fourth-order valence-corrected chi connectivity index (χ4v) is 6.17. The van der Waals surface area contributed by atoms with Crippen molar-refractivity contribution < 1.29 is 4.79 Å². The Morgan fingerprint density at radius 3 is 2.48 bits per heavy atom. The molecule has 0 saturated carbocycles. The van der Waals surface area contributed by atoms with E-state index in [1.807, 2.05) is 52.0 Å². The number of benzene rings is 1. The SMILES string of the molecule is CC.CC.CN1CCN(c2cc(C#CSI)nc(-c3ccc4c(ccc5sc6c(c54)NCCNC6=O)n3)n2)CC1. The van der Waals surface area contributed by atoms with Crippen LogP contribution >= 0.6 is 41.5 Å². The highest BCUT2D eigenvalue weighted by molar-refractivity contribution is 14.2. The summed E-state index contributed by atoms with van der Waals surface area (Å²) in [4.78, 5) is 32.5. The Kier molecular flexibility index (Phi) is 10.8. The van der Waals surface area contributed by atoms with Crippen molar-refractivity contribution in [3.63, 3.8) is 0 Å². The minimum Gasteiger partial charge on any atom is -0.381 e. The van der Waals surface area contributed by atoms with Crippen LogP contribution in [0.2, 0.25) is 0 Å². The van der Waals surface area contributed by atoms with Gasteiger partial charge in [-0.1, -0.05) is 27.7 Å². The normalized spacial score (nSPS) is 14.8. The maximum atomic E-state index is 12.5. The first-order valence-corrected chi connectivity index (χ1v) is 17.8. The molecule has 2 aliphatic rings. The second-order valence-electron chi connectivity index (χ2n) is 8.72. The molecule has 1 fully saturated rings. The van der Waals surface area contributed by atoms with Gasteiger partial charge in [-0.3, -0.25) is 4.79 Å². The maximum Gasteiger partial charge on any atom is 0.263 e. The summed E-state index contributed by atoms with van der Waals surface area (Å²) >= 11 is 3.68. The zero-order valence-corrected chi connectivity index (χ0v) is 27.3. The molecule has 0 spiro atoms. The third-order valence-electron chi connectivity index (χ3n) is 6.43. The molecule has 1 aromatic carbocycles. The second kappa shape index (κ2) is 14.3. The highest BCUT2D eigenvalue weighted by atomic mass is 127. The summed E-state index contributed by atoms with van der Waals surface area (Å²) in [7, 11) is 3.58. The van der Waals surface area contributed by atoms with Gasteiger partial charge in [0.25, 0.3) is 5.91 Å². The summed E-state index contributed by atoms with van der Waals surface area (Å²) < 4.78 is 1.06. The average molecular weight is 688 g/mol. The van der Waals surface area contributed by atoms with E-state index >= 15 is 0 Å². The van der Waals surface area contributed by atoms with E-state index < -0.39 is 0 Å². The first-order valence-electron chi connectivity index (χ1n) is 13.6. The average Bonchev–Trinajstić information content (AvgIpc) is 3.29. The van der Waals surface area contributed by atoms with Gasteiger partial charge in [0.2, 0.25) is 0 Å². The number of nitrogens with zero attached hydrogens (tertiary/aromatic N) is 5. The topological polar surface area (TPSA) is 86.3 Å². The van der Waals surface area contributed by atoms with E-state index in [2.05, 4.69) is 65.9 Å². The van der Waals surface area contributed by atoms with Crippen molar-refractivity contribution in [1.29, 1.82) is 0 Å². The lowest BCUT2D eigenvalue weighted by Gasteiger charge is -2.33. The molecule has 0 atom stereocenters. The second-order valence-corrected chi connectivity index (χ2v) is 11.5. The van der Waals surface area contributed by atoms with E-state index in [0.717, 1.165) is 63.6 Å². The first-order chi connectivity index (χ1) is 19.6. The van der Waals surface area contributed by atoms with Crippen LogP contribution < -0.4 is 15.5 Å². The van der Waals surface area contributed by atoms with Gasteiger partial charge in [-0.2, -0.15) is 0 Å². The molecular weight excluding hydrogens is 653 g/mol. The van der Waals surface area contributed by atoms with E-state index in [1.54, 1.807) is 0 Å². The third kappa shape index (κ3) is 6.46. The number of thiophene rings is 1. The molecule has 2 aliphatic heterocycles. The fourth-order valence-electron chi connectivity index (χ4n) is 4.58. The molecule has 2 N–H and O–H groups in total. The van der Waals surface area contributed by atoms with Crippen molar-refractivity contribution in [3.8, 4) is 22.7 Å². The van der Waals surface area contributed by atoms with Crippen LogP contribution in [-0.4, -0.2) is 72.1 Å². The molecule has 1 amide bonds. The maximum absolute atomic E-state index is 12.5. The highest BCUT2D eigenvalue weighted by Crippen LogP contribution is 2.40. The van der Waals surface area contributed by atoms with Gasteiger partial charge >= 0.3 is 0 Å². The van der Waals surface area contributed by atoms with Gasteiger partial charge in [-0.05, 0) is 51.4 Å². The number of pyridine rings is 1. The van der Waals surface area contributed by atoms with Crippen LogP contribution in [-0.2, 0) is 0 Å². The van der Waals surface area contributed by atoms with Gasteiger partial charge < -0.3 is 20.4 Å². The lowest BCUT2D eigenvalue weighted by Crippen LogP contribution is -2.44. The Hall–Kier alpha value is -2.66. The first kappa shape index (κ1) is 30.3. The van der Waals surface area contributed by atoms with E-state index in [0.29, 0.717) is 30.3 Å². The van der Waals surface area contributed by atoms with Crippen molar-refractivity contribution >= 4 is 79.9 Å². The molecule has 1 saturated heterocycles. The quantitative estimate of drug-likeness (QED) is 0.189. The molecule has 210 valence electrons. The Morgan fingerprint density at radius 1 is 0.975 bits per heavy atom. The summed E-state index contributed by atoms with van der Waals surface area (Å²) in [6.07, 6.45) is 0. The summed E-state index contributed by atoms with van der Waals surface area (Å²) in [5.74, 6) is 4.56. The Balaban J connectivity index is 0.000000886. The van der Waals surface area contributed by atoms with Gasteiger partial charge in [0.15, 0.2) is 5.82 Å². The molecule has 8 nitrogen and oxygen atoms in total. The number of anilines is 2. The molecule has 4 aromatic rings. The molecule has 0 aliphatic carbocycles. The number of aromatic nitrogens is 3. The van der Waals surface area contributed by atoms with Gasteiger partial charge in [0.1, 0.15) is 22.1 Å². The van der Waals surface area contributed by atoms with E-state index in [-0.39, 0.29) is 5.91 Å². The number of carbonyl (C=O) groups is 1.